The van der Waals surface area contributed by atoms with Crippen LogP contribution in [-0.4, -0.2) is 35.7 Å². The van der Waals surface area contributed by atoms with Crippen LogP contribution in [0.5, 0.6) is 0 Å². The van der Waals surface area contributed by atoms with Crippen molar-refractivity contribution in [2.45, 2.75) is 38.2 Å². The van der Waals surface area contributed by atoms with E-state index in [9.17, 15) is 14.4 Å². The van der Waals surface area contributed by atoms with Crippen LogP contribution in [0.15, 0.2) is 12.2 Å². The molecule has 0 bridgehead atoms. The predicted molar refractivity (Wildman–Crippen MR) is 60.7 cm³/mol. The van der Waals surface area contributed by atoms with E-state index in [0.717, 1.165) is 44.3 Å². The van der Waals surface area contributed by atoms with Gasteiger partial charge in [-0.15, -0.1) is 0 Å². The number of hydrogen-bond donors (Lipinski definition) is 1. The van der Waals surface area contributed by atoms with E-state index in [1.54, 1.807) is 0 Å². The summed E-state index contributed by atoms with van der Waals surface area (Å²) in [7, 11) is 0. The van der Waals surface area contributed by atoms with Crippen LogP contribution < -0.4 is 0 Å². The van der Waals surface area contributed by atoms with Crippen LogP contribution in [0, 0.1) is 0 Å². The zero-order valence-electron chi connectivity index (χ0n) is 9.96. The van der Waals surface area contributed by atoms with Gasteiger partial charge in [0, 0.05) is 12.2 Å². The number of ether oxygens (including phenoxy) is 2. The zero-order chi connectivity index (χ0) is 13.4. The van der Waals surface area contributed by atoms with Gasteiger partial charge in [-0.05, 0) is 25.7 Å². The molecule has 1 fully saturated rings. The molecule has 0 aliphatic heterocycles. The SMILES string of the molecule is O=C(O)COC(=O)/C=C/C(=O)OC1CCCCC1. The molecule has 1 N–H and O–H groups in total. The number of rotatable bonds is 5. The minimum Gasteiger partial charge on any atom is -0.479 e. The molecular formula is C12H16O6. The Labute approximate surface area is 105 Å². The highest BCUT2D eigenvalue weighted by Gasteiger charge is 2.16. The van der Waals surface area contributed by atoms with Crippen molar-refractivity contribution in [3.63, 3.8) is 0 Å². The first-order valence-corrected chi connectivity index (χ1v) is 5.85. The fraction of sp³-hybridized carbons (Fsp3) is 0.583. The number of carbonyl (C=O) groups excluding carboxylic acids is 2. The van der Waals surface area contributed by atoms with Gasteiger partial charge in [0.25, 0.3) is 0 Å². The Balaban J connectivity index is 2.25. The monoisotopic (exact) mass is 256 g/mol. The number of carboxylic acid groups (broad SMARTS) is 1. The highest BCUT2D eigenvalue weighted by atomic mass is 16.6. The van der Waals surface area contributed by atoms with E-state index in [2.05, 4.69) is 4.74 Å². The topological polar surface area (TPSA) is 89.9 Å². The van der Waals surface area contributed by atoms with Gasteiger partial charge in [0.2, 0.25) is 0 Å². The average Bonchev–Trinajstić information content (AvgIpc) is 2.35. The molecule has 0 amide bonds. The van der Waals surface area contributed by atoms with Crippen LogP contribution in [-0.2, 0) is 23.9 Å². The third-order valence-electron chi connectivity index (χ3n) is 2.53. The fourth-order valence-corrected chi connectivity index (χ4v) is 1.70. The summed E-state index contributed by atoms with van der Waals surface area (Å²) < 4.78 is 9.43. The maximum Gasteiger partial charge on any atom is 0.341 e. The van der Waals surface area contributed by atoms with Crippen molar-refractivity contribution in [3.8, 4) is 0 Å². The number of aliphatic carboxylic acids is 1. The summed E-state index contributed by atoms with van der Waals surface area (Å²) in [5, 5.41) is 8.26. The molecule has 1 aliphatic carbocycles. The molecule has 1 rings (SSSR count). The molecule has 0 aromatic heterocycles. The molecule has 1 saturated carbocycles. The molecule has 0 heterocycles. The van der Waals surface area contributed by atoms with Gasteiger partial charge >= 0.3 is 17.9 Å². The van der Waals surface area contributed by atoms with E-state index in [4.69, 9.17) is 9.84 Å². The Kier molecular flexibility index (Phi) is 5.90. The van der Waals surface area contributed by atoms with E-state index in [1.807, 2.05) is 0 Å². The van der Waals surface area contributed by atoms with Crippen molar-refractivity contribution in [2.75, 3.05) is 6.61 Å². The summed E-state index contributed by atoms with van der Waals surface area (Å²) in [6, 6.07) is 0. The van der Waals surface area contributed by atoms with E-state index in [1.165, 1.54) is 0 Å². The lowest BCUT2D eigenvalue weighted by atomic mass is 9.98. The molecule has 6 heteroatoms. The maximum absolute atomic E-state index is 11.3. The summed E-state index contributed by atoms with van der Waals surface area (Å²) >= 11 is 0. The van der Waals surface area contributed by atoms with Gasteiger partial charge in [-0.3, -0.25) is 0 Å². The first-order chi connectivity index (χ1) is 8.58. The first-order valence-electron chi connectivity index (χ1n) is 5.85. The quantitative estimate of drug-likeness (QED) is 0.584. The van der Waals surface area contributed by atoms with Crippen LogP contribution in [0.2, 0.25) is 0 Å². The molecule has 0 unspecified atom stereocenters. The van der Waals surface area contributed by atoms with Crippen LogP contribution in [0.1, 0.15) is 32.1 Å². The lowest BCUT2D eigenvalue weighted by molar-refractivity contribution is -0.152. The Hall–Kier alpha value is -1.85. The van der Waals surface area contributed by atoms with E-state index >= 15 is 0 Å². The molecule has 0 radical (unpaired) electrons. The number of carboxylic acids is 1. The van der Waals surface area contributed by atoms with Gasteiger partial charge in [0.15, 0.2) is 6.61 Å². The maximum atomic E-state index is 11.3. The van der Waals surface area contributed by atoms with Crippen LogP contribution in [0.3, 0.4) is 0 Å². The smallest absolute Gasteiger partial charge is 0.341 e. The van der Waals surface area contributed by atoms with Crippen molar-refractivity contribution in [3.05, 3.63) is 12.2 Å². The molecule has 1 aliphatic rings. The molecule has 0 saturated heterocycles. The molecule has 100 valence electrons. The third kappa shape index (κ3) is 6.03. The summed E-state index contributed by atoms with van der Waals surface area (Å²) in [6.07, 6.45) is 6.69. The van der Waals surface area contributed by atoms with Crippen LogP contribution in [0.4, 0.5) is 0 Å². The molecule has 0 atom stereocenters. The first kappa shape index (κ1) is 14.2. The second-order valence-electron chi connectivity index (χ2n) is 4.03. The summed E-state index contributed by atoms with van der Waals surface area (Å²) in [5.41, 5.74) is 0. The minimum atomic E-state index is -1.25. The molecule has 6 nitrogen and oxygen atoms in total. The van der Waals surface area contributed by atoms with Crippen molar-refractivity contribution in [1.82, 2.24) is 0 Å². The Bertz CT molecular complexity index is 340. The van der Waals surface area contributed by atoms with Crippen molar-refractivity contribution >= 4 is 17.9 Å². The van der Waals surface area contributed by atoms with E-state index in [-0.39, 0.29) is 6.10 Å². The summed E-state index contributed by atoms with van der Waals surface area (Å²) in [4.78, 5) is 32.4. The second-order valence-corrected chi connectivity index (χ2v) is 4.03. The van der Waals surface area contributed by atoms with E-state index < -0.39 is 24.5 Å². The van der Waals surface area contributed by atoms with Gasteiger partial charge in [0.1, 0.15) is 6.10 Å². The van der Waals surface area contributed by atoms with Crippen molar-refractivity contribution in [1.29, 1.82) is 0 Å². The fourth-order valence-electron chi connectivity index (χ4n) is 1.70. The second kappa shape index (κ2) is 7.47. The largest absolute Gasteiger partial charge is 0.479 e. The predicted octanol–water partition coefficient (Wildman–Crippen LogP) is 1.05. The molecule has 18 heavy (non-hydrogen) atoms. The van der Waals surface area contributed by atoms with Gasteiger partial charge in [-0.1, -0.05) is 6.42 Å². The minimum absolute atomic E-state index is 0.0778. The standard InChI is InChI=1S/C12H16O6/c13-10(14)8-17-11(15)6-7-12(16)18-9-4-2-1-3-5-9/h6-7,9H,1-5,8H2,(H,13,14)/b7-6+. The van der Waals surface area contributed by atoms with Gasteiger partial charge in [-0.2, -0.15) is 0 Å². The molecule has 0 spiro atoms. The highest BCUT2D eigenvalue weighted by Crippen LogP contribution is 2.20. The normalized spacial score (nSPS) is 16.4. The van der Waals surface area contributed by atoms with Crippen LogP contribution >= 0.6 is 0 Å². The lowest BCUT2D eigenvalue weighted by Gasteiger charge is -2.20. The Morgan fingerprint density at radius 2 is 1.67 bits per heavy atom. The van der Waals surface area contributed by atoms with Gasteiger partial charge < -0.3 is 14.6 Å². The Morgan fingerprint density at radius 3 is 2.28 bits per heavy atom. The van der Waals surface area contributed by atoms with Crippen LogP contribution in [0.25, 0.3) is 0 Å². The Morgan fingerprint density at radius 1 is 1.06 bits per heavy atom. The number of esters is 2. The summed E-state index contributed by atoms with van der Waals surface area (Å²) in [5.74, 6) is -2.73. The highest BCUT2D eigenvalue weighted by molar-refractivity contribution is 5.92. The van der Waals surface area contributed by atoms with Crippen molar-refractivity contribution in [2.24, 2.45) is 0 Å². The zero-order valence-corrected chi connectivity index (χ0v) is 9.96. The number of hydrogen-bond acceptors (Lipinski definition) is 5. The van der Waals surface area contributed by atoms with Gasteiger partial charge in [-0.25, -0.2) is 14.4 Å². The lowest BCUT2D eigenvalue weighted by Crippen LogP contribution is -2.20. The third-order valence-corrected chi connectivity index (χ3v) is 2.53. The molecule has 0 aromatic rings. The van der Waals surface area contributed by atoms with Crippen molar-refractivity contribution < 1.29 is 29.0 Å². The number of carbonyl (C=O) groups is 3. The molecular weight excluding hydrogens is 240 g/mol. The van der Waals surface area contributed by atoms with Gasteiger partial charge in [0.05, 0.1) is 0 Å². The molecule has 0 aromatic carbocycles. The van der Waals surface area contributed by atoms with E-state index in [0.29, 0.717) is 0 Å². The average molecular weight is 256 g/mol. The summed E-state index contributed by atoms with van der Waals surface area (Å²) in [6.45, 7) is -0.721.